The molecule has 1 aliphatic heterocycles. The summed E-state index contributed by atoms with van der Waals surface area (Å²) in [5, 5.41) is 3.10. The smallest absolute Gasteiger partial charge is 0.228 e. The average Bonchev–Trinajstić information content (AvgIpc) is 3.28. The first kappa shape index (κ1) is 14.7. The Balaban J connectivity index is 1.51. The summed E-state index contributed by atoms with van der Waals surface area (Å²) in [6, 6.07) is 2.26. The van der Waals surface area contributed by atoms with Gasteiger partial charge in [0, 0.05) is 31.0 Å². The molecule has 3 aromatic rings. The summed E-state index contributed by atoms with van der Waals surface area (Å²) in [5.41, 5.74) is 1.01. The van der Waals surface area contributed by atoms with Gasteiger partial charge in [-0.15, -0.1) is 0 Å². The summed E-state index contributed by atoms with van der Waals surface area (Å²) in [6.07, 6.45) is 12.6. The Morgan fingerprint density at radius 1 is 1.17 bits per heavy atom. The highest BCUT2D eigenvalue weighted by atomic mass is 15.2. The van der Waals surface area contributed by atoms with Crippen LogP contribution in [0.5, 0.6) is 0 Å². The second-order valence-electron chi connectivity index (χ2n) is 5.69. The van der Waals surface area contributed by atoms with Crippen molar-refractivity contribution in [1.29, 1.82) is 0 Å². The number of hydrogen-bond donors (Lipinski definition) is 2. The number of aromatic nitrogens is 6. The summed E-state index contributed by atoms with van der Waals surface area (Å²) in [4.78, 5) is 27.1. The number of anilines is 2. The zero-order valence-electron chi connectivity index (χ0n) is 13.1. The molecule has 0 radical (unpaired) electrons. The first-order chi connectivity index (χ1) is 11.9. The van der Waals surface area contributed by atoms with E-state index in [0.29, 0.717) is 11.8 Å². The van der Waals surface area contributed by atoms with E-state index < -0.39 is 0 Å². The van der Waals surface area contributed by atoms with Gasteiger partial charge in [-0.1, -0.05) is 0 Å². The van der Waals surface area contributed by atoms with Crippen LogP contribution in [0.15, 0.2) is 43.2 Å². The molecule has 1 saturated heterocycles. The Labute approximate surface area is 139 Å². The summed E-state index contributed by atoms with van der Waals surface area (Å²) < 4.78 is 0. The lowest BCUT2D eigenvalue weighted by Gasteiger charge is -2.23. The lowest BCUT2D eigenvalue weighted by atomic mass is 10.1. The minimum Gasteiger partial charge on any atom is -0.348 e. The van der Waals surface area contributed by atoms with Gasteiger partial charge >= 0.3 is 0 Å². The molecule has 24 heavy (non-hydrogen) atoms. The van der Waals surface area contributed by atoms with Crippen LogP contribution in [-0.2, 0) is 6.54 Å². The van der Waals surface area contributed by atoms with Crippen LogP contribution in [0.1, 0.15) is 30.4 Å². The van der Waals surface area contributed by atoms with Gasteiger partial charge in [-0.25, -0.2) is 19.9 Å². The fourth-order valence-corrected chi connectivity index (χ4v) is 3.02. The SMILES string of the molecule is c1cnc(Nc2nccc([C@H]3CCCN3Cc3ncc[nH]3)n2)cn1. The van der Waals surface area contributed by atoms with Crippen LogP contribution >= 0.6 is 0 Å². The molecule has 4 heterocycles. The van der Waals surface area contributed by atoms with E-state index in [-0.39, 0.29) is 6.04 Å². The highest BCUT2D eigenvalue weighted by Gasteiger charge is 2.27. The van der Waals surface area contributed by atoms with E-state index in [1.54, 1.807) is 31.0 Å². The maximum absolute atomic E-state index is 4.67. The van der Waals surface area contributed by atoms with Gasteiger partial charge in [0.15, 0.2) is 5.82 Å². The maximum Gasteiger partial charge on any atom is 0.228 e. The Morgan fingerprint density at radius 3 is 3.00 bits per heavy atom. The van der Waals surface area contributed by atoms with Gasteiger partial charge in [0.2, 0.25) is 5.95 Å². The fourth-order valence-electron chi connectivity index (χ4n) is 3.02. The van der Waals surface area contributed by atoms with E-state index in [4.69, 9.17) is 0 Å². The van der Waals surface area contributed by atoms with E-state index in [0.717, 1.165) is 37.4 Å². The molecule has 4 rings (SSSR count). The molecule has 0 spiro atoms. The standard InChI is InChI=1S/C16H18N8/c1-2-13(24(9-1)11-15-19-7-8-20-15)12-3-4-21-16(22-12)23-14-10-17-5-6-18-14/h3-8,10,13H,1-2,9,11H2,(H,19,20)(H,18,21,22,23)/t13-/m1/s1. The topological polar surface area (TPSA) is 95.5 Å². The molecule has 0 saturated carbocycles. The number of nitrogens with one attached hydrogen (secondary N) is 2. The molecule has 8 nitrogen and oxygen atoms in total. The largest absolute Gasteiger partial charge is 0.348 e. The van der Waals surface area contributed by atoms with Crippen LogP contribution in [-0.4, -0.2) is 41.3 Å². The van der Waals surface area contributed by atoms with Crippen LogP contribution in [0.4, 0.5) is 11.8 Å². The summed E-state index contributed by atoms with van der Waals surface area (Å²) >= 11 is 0. The molecule has 2 N–H and O–H groups in total. The van der Waals surface area contributed by atoms with Crippen molar-refractivity contribution < 1.29 is 0 Å². The van der Waals surface area contributed by atoms with Crippen LogP contribution in [0, 0.1) is 0 Å². The zero-order chi connectivity index (χ0) is 16.2. The normalized spacial score (nSPS) is 17.9. The van der Waals surface area contributed by atoms with Crippen molar-refractivity contribution >= 4 is 11.8 Å². The molecule has 1 fully saturated rings. The van der Waals surface area contributed by atoms with Gasteiger partial charge in [0.25, 0.3) is 0 Å². The lowest BCUT2D eigenvalue weighted by Crippen LogP contribution is -2.24. The highest BCUT2D eigenvalue weighted by molar-refractivity contribution is 5.45. The van der Waals surface area contributed by atoms with Crippen LogP contribution in [0.25, 0.3) is 0 Å². The number of rotatable bonds is 5. The molecule has 1 aliphatic rings. The lowest BCUT2D eigenvalue weighted by molar-refractivity contribution is 0.239. The van der Waals surface area contributed by atoms with Crippen molar-refractivity contribution in [2.75, 3.05) is 11.9 Å². The molecule has 122 valence electrons. The number of imidazole rings is 1. The second-order valence-corrected chi connectivity index (χ2v) is 5.69. The van der Waals surface area contributed by atoms with Gasteiger partial charge in [-0.05, 0) is 25.5 Å². The monoisotopic (exact) mass is 322 g/mol. The van der Waals surface area contributed by atoms with Gasteiger partial charge in [-0.2, -0.15) is 0 Å². The molecule has 0 aliphatic carbocycles. The predicted octanol–water partition coefficient (Wildman–Crippen LogP) is 2.07. The average molecular weight is 322 g/mol. The molecule has 3 aromatic heterocycles. The third-order valence-corrected chi connectivity index (χ3v) is 4.09. The molecule has 1 atom stereocenters. The Hall–Kier alpha value is -2.87. The Morgan fingerprint density at radius 2 is 2.17 bits per heavy atom. The van der Waals surface area contributed by atoms with E-state index in [2.05, 4.69) is 40.1 Å². The van der Waals surface area contributed by atoms with Gasteiger partial charge in [0.1, 0.15) is 5.82 Å². The first-order valence-corrected chi connectivity index (χ1v) is 7.97. The number of likely N-dealkylation sites (tertiary alicyclic amines) is 1. The van der Waals surface area contributed by atoms with Crippen molar-refractivity contribution in [3.8, 4) is 0 Å². The molecular weight excluding hydrogens is 304 g/mol. The Bertz CT molecular complexity index is 774. The zero-order valence-corrected chi connectivity index (χ0v) is 13.1. The quantitative estimate of drug-likeness (QED) is 0.742. The van der Waals surface area contributed by atoms with E-state index in [1.807, 2.05) is 12.3 Å². The number of hydrogen-bond acceptors (Lipinski definition) is 7. The van der Waals surface area contributed by atoms with Crippen molar-refractivity contribution in [1.82, 2.24) is 34.8 Å². The summed E-state index contributed by atoms with van der Waals surface area (Å²) in [6.45, 7) is 1.84. The van der Waals surface area contributed by atoms with Gasteiger partial charge in [-0.3, -0.25) is 9.88 Å². The van der Waals surface area contributed by atoms with Crippen molar-refractivity contribution in [2.24, 2.45) is 0 Å². The van der Waals surface area contributed by atoms with E-state index >= 15 is 0 Å². The minimum absolute atomic E-state index is 0.278. The third kappa shape index (κ3) is 3.23. The van der Waals surface area contributed by atoms with Gasteiger partial charge < -0.3 is 10.3 Å². The van der Waals surface area contributed by atoms with Crippen LogP contribution in [0.2, 0.25) is 0 Å². The minimum atomic E-state index is 0.278. The highest BCUT2D eigenvalue weighted by Crippen LogP contribution is 2.32. The van der Waals surface area contributed by atoms with Crippen molar-refractivity contribution in [3.05, 3.63) is 54.8 Å². The number of aromatic amines is 1. The van der Waals surface area contributed by atoms with E-state index in [1.165, 1.54) is 0 Å². The maximum atomic E-state index is 4.67. The molecule has 0 amide bonds. The van der Waals surface area contributed by atoms with Crippen LogP contribution < -0.4 is 5.32 Å². The summed E-state index contributed by atoms with van der Waals surface area (Å²) in [5.74, 6) is 2.15. The van der Waals surface area contributed by atoms with E-state index in [9.17, 15) is 0 Å². The van der Waals surface area contributed by atoms with Crippen molar-refractivity contribution in [3.63, 3.8) is 0 Å². The predicted molar refractivity (Wildman–Crippen MR) is 88.3 cm³/mol. The molecule has 0 aromatic carbocycles. The number of H-pyrrole nitrogens is 1. The molecule has 0 bridgehead atoms. The second kappa shape index (κ2) is 6.71. The Kier molecular flexibility index (Phi) is 4.11. The molecule has 0 unspecified atom stereocenters. The third-order valence-electron chi connectivity index (χ3n) is 4.09. The van der Waals surface area contributed by atoms with Crippen molar-refractivity contribution in [2.45, 2.75) is 25.4 Å². The molecule has 8 heteroatoms. The van der Waals surface area contributed by atoms with Gasteiger partial charge in [0.05, 0.1) is 24.5 Å². The van der Waals surface area contributed by atoms with Crippen LogP contribution in [0.3, 0.4) is 0 Å². The molecular formula is C16H18N8. The fraction of sp³-hybridized carbons (Fsp3) is 0.312. The number of nitrogens with zero attached hydrogens (tertiary/aromatic N) is 6. The first-order valence-electron chi connectivity index (χ1n) is 7.97. The summed E-state index contributed by atoms with van der Waals surface area (Å²) in [7, 11) is 0.